The zero-order valence-electron chi connectivity index (χ0n) is 15.4. The topological polar surface area (TPSA) is 91.8 Å². The van der Waals surface area contributed by atoms with Crippen molar-refractivity contribution in [2.24, 2.45) is 12.2 Å². The standard InChI is InChI=1S/C21H19N7/c1-28-13-15(12-24-28)18-6-7-19(27-22)20(25-18)26-21(8-9-21)16-4-5-17-14(11-16)3-2-10-23-17/h2-7,10-13,22H,8-9H2,1H3,(H,25,26). The number of anilines is 1. The molecule has 1 fully saturated rings. The second-order valence-corrected chi connectivity index (χ2v) is 7.20. The number of nitrogens with zero attached hydrogens (tertiary/aromatic N) is 5. The summed E-state index contributed by atoms with van der Waals surface area (Å²) in [4.78, 5) is 9.15. The minimum absolute atomic E-state index is 0.177. The SMILES string of the molecule is Cn1cc(-c2ccc(N=N)c(NC3(c4ccc5ncccc5c4)CC3)n2)cn1. The highest BCUT2D eigenvalue weighted by atomic mass is 15.2. The minimum atomic E-state index is -0.177. The molecule has 3 heterocycles. The fourth-order valence-corrected chi connectivity index (χ4v) is 3.56. The highest BCUT2D eigenvalue weighted by Gasteiger charge is 2.45. The maximum absolute atomic E-state index is 7.52. The van der Waals surface area contributed by atoms with Crippen LogP contribution in [0.1, 0.15) is 18.4 Å². The molecule has 3 aromatic heterocycles. The lowest BCUT2D eigenvalue weighted by atomic mass is 10.0. The number of benzene rings is 1. The second kappa shape index (κ2) is 6.23. The van der Waals surface area contributed by atoms with Crippen molar-refractivity contribution in [3.8, 4) is 11.3 Å². The lowest BCUT2D eigenvalue weighted by Crippen LogP contribution is -2.19. The van der Waals surface area contributed by atoms with Crippen LogP contribution in [0.25, 0.3) is 22.2 Å². The molecule has 1 aliphatic carbocycles. The van der Waals surface area contributed by atoms with E-state index in [0.717, 1.165) is 35.0 Å². The van der Waals surface area contributed by atoms with Gasteiger partial charge in [-0.25, -0.2) is 10.5 Å². The lowest BCUT2D eigenvalue weighted by Gasteiger charge is -2.20. The number of aromatic nitrogens is 4. The predicted molar refractivity (Wildman–Crippen MR) is 108 cm³/mol. The Morgan fingerprint density at radius 3 is 2.82 bits per heavy atom. The molecule has 0 amide bonds. The van der Waals surface area contributed by atoms with Crippen LogP contribution in [0, 0.1) is 5.53 Å². The fraction of sp³-hybridized carbons (Fsp3) is 0.190. The van der Waals surface area contributed by atoms with Crippen LogP contribution in [-0.4, -0.2) is 19.7 Å². The number of hydrogen-bond donors (Lipinski definition) is 2. The first-order valence-electron chi connectivity index (χ1n) is 9.18. The van der Waals surface area contributed by atoms with Crippen molar-refractivity contribution in [2.75, 3.05) is 5.32 Å². The molecule has 0 bridgehead atoms. The van der Waals surface area contributed by atoms with Crippen LogP contribution in [0.3, 0.4) is 0 Å². The summed E-state index contributed by atoms with van der Waals surface area (Å²) in [5.41, 5.74) is 11.8. The average molecular weight is 369 g/mol. The van der Waals surface area contributed by atoms with E-state index in [1.54, 1.807) is 10.9 Å². The van der Waals surface area contributed by atoms with Crippen molar-refractivity contribution in [1.82, 2.24) is 19.7 Å². The van der Waals surface area contributed by atoms with Gasteiger partial charge in [0.15, 0.2) is 5.82 Å². The number of nitrogens with one attached hydrogen (secondary N) is 2. The molecule has 0 saturated heterocycles. The van der Waals surface area contributed by atoms with Crippen LogP contribution in [0.2, 0.25) is 0 Å². The summed E-state index contributed by atoms with van der Waals surface area (Å²) in [5, 5.41) is 12.6. The van der Waals surface area contributed by atoms with Gasteiger partial charge in [-0.1, -0.05) is 12.1 Å². The molecule has 0 aliphatic heterocycles. The van der Waals surface area contributed by atoms with Gasteiger partial charge in [0, 0.05) is 30.4 Å². The van der Waals surface area contributed by atoms with Crippen molar-refractivity contribution >= 4 is 22.4 Å². The van der Waals surface area contributed by atoms with E-state index in [2.05, 4.69) is 44.8 Å². The number of pyridine rings is 2. The smallest absolute Gasteiger partial charge is 0.155 e. The highest BCUT2D eigenvalue weighted by Crippen LogP contribution is 2.49. The molecule has 28 heavy (non-hydrogen) atoms. The van der Waals surface area contributed by atoms with Gasteiger partial charge in [-0.3, -0.25) is 9.67 Å². The Bertz CT molecular complexity index is 1190. The van der Waals surface area contributed by atoms with Crippen LogP contribution >= 0.6 is 0 Å². The summed E-state index contributed by atoms with van der Waals surface area (Å²) in [7, 11) is 1.88. The first-order chi connectivity index (χ1) is 13.7. The van der Waals surface area contributed by atoms with E-state index < -0.39 is 0 Å². The highest BCUT2D eigenvalue weighted by molar-refractivity contribution is 5.80. The van der Waals surface area contributed by atoms with E-state index in [1.807, 2.05) is 37.6 Å². The molecule has 1 aliphatic rings. The molecule has 0 atom stereocenters. The molecule has 5 rings (SSSR count). The average Bonchev–Trinajstić information content (AvgIpc) is 3.38. The first-order valence-corrected chi connectivity index (χ1v) is 9.18. The molecule has 0 radical (unpaired) electrons. The summed E-state index contributed by atoms with van der Waals surface area (Å²) >= 11 is 0. The predicted octanol–water partition coefficient (Wildman–Crippen LogP) is 4.79. The van der Waals surface area contributed by atoms with Crippen LogP contribution in [-0.2, 0) is 12.6 Å². The van der Waals surface area contributed by atoms with E-state index >= 15 is 0 Å². The number of hydrogen-bond acceptors (Lipinski definition) is 6. The molecule has 1 aromatic carbocycles. The maximum atomic E-state index is 7.52. The van der Waals surface area contributed by atoms with Gasteiger partial charge < -0.3 is 5.32 Å². The van der Waals surface area contributed by atoms with Gasteiger partial charge in [0.25, 0.3) is 0 Å². The van der Waals surface area contributed by atoms with E-state index in [9.17, 15) is 0 Å². The Morgan fingerprint density at radius 2 is 2.07 bits per heavy atom. The fourth-order valence-electron chi connectivity index (χ4n) is 3.56. The quantitative estimate of drug-likeness (QED) is 0.495. The molecule has 2 N–H and O–H groups in total. The first kappa shape index (κ1) is 16.6. The van der Waals surface area contributed by atoms with Crippen LogP contribution in [0.4, 0.5) is 11.5 Å². The Kier molecular flexibility index (Phi) is 3.68. The van der Waals surface area contributed by atoms with Gasteiger partial charge in [-0.2, -0.15) is 10.2 Å². The number of rotatable bonds is 5. The molecular formula is C21H19N7. The summed E-state index contributed by atoms with van der Waals surface area (Å²) in [6.45, 7) is 0. The van der Waals surface area contributed by atoms with Gasteiger partial charge in [0.2, 0.25) is 0 Å². The van der Waals surface area contributed by atoms with Crippen molar-refractivity contribution in [1.29, 1.82) is 5.53 Å². The van der Waals surface area contributed by atoms with Crippen molar-refractivity contribution in [2.45, 2.75) is 18.4 Å². The Balaban J connectivity index is 1.52. The zero-order valence-corrected chi connectivity index (χ0v) is 15.4. The van der Waals surface area contributed by atoms with Gasteiger partial charge >= 0.3 is 0 Å². The summed E-state index contributed by atoms with van der Waals surface area (Å²) in [5.74, 6) is 0.625. The van der Waals surface area contributed by atoms with Crippen LogP contribution in [0.15, 0.2) is 66.2 Å². The normalized spacial score (nSPS) is 14.8. The van der Waals surface area contributed by atoms with Gasteiger partial charge in [0.1, 0.15) is 5.69 Å². The lowest BCUT2D eigenvalue weighted by molar-refractivity contribution is 0.768. The monoisotopic (exact) mass is 369 g/mol. The minimum Gasteiger partial charge on any atom is -0.359 e. The molecule has 7 nitrogen and oxygen atoms in total. The maximum Gasteiger partial charge on any atom is 0.155 e. The van der Waals surface area contributed by atoms with E-state index in [1.165, 1.54) is 5.56 Å². The van der Waals surface area contributed by atoms with Crippen molar-refractivity contribution < 1.29 is 0 Å². The summed E-state index contributed by atoms with van der Waals surface area (Å²) in [6, 6.07) is 14.1. The summed E-state index contributed by atoms with van der Waals surface area (Å²) < 4.78 is 1.75. The third-order valence-electron chi connectivity index (χ3n) is 5.26. The molecule has 4 aromatic rings. The Morgan fingerprint density at radius 1 is 1.18 bits per heavy atom. The van der Waals surface area contributed by atoms with Crippen LogP contribution in [0.5, 0.6) is 0 Å². The Labute approximate surface area is 162 Å². The molecule has 0 spiro atoms. The van der Waals surface area contributed by atoms with Crippen LogP contribution < -0.4 is 5.32 Å². The van der Waals surface area contributed by atoms with E-state index in [0.29, 0.717) is 11.5 Å². The van der Waals surface area contributed by atoms with Crippen molar-refractivity contribution in [3.05, 3.63) is 66.6 Å². The number of aryl methyl sites for hydroxylation is 1. The molecule has 7 heteroatoms. The third kappa shape index (κ3) is 2.81. The summed E-state index contributed by atoms with van der Waals surface area (Å²) in [6.07, 6.45) is 7.53. The van der Waals surface area contributed by atoms with E-state index in [4.69, 9.17) is 10.5 Å². The van der Waals surface area contributed by atoms with Gasteiger partial charge in [-0.15, -0.1) is 0 Å². The van der Waals surface area contributed by atoms with Gasteiger partial charge in [-0.05, 0) is 48.7 Å². The Hall–Kier alpha value is -3.61. The molecule has 1 saturated carbocycles. The largest absolute Gasteiger partial charge is 0.359 e. The van der Waals surface area contributed by atoms with Crippen molar-refractivity contribution in [3.63, 3.8) is 0 Å². The number of fused-ring (bicyclic) bond motifs is 1. The second-order valence-electron chi connectivity index (χ2n) is 7.20. The zero-order chi connectivity index (χ0) is 19.1. The van der Waals surface area contributed by atoms with Gasteiger partial charge in [0.05, 0.1) is 22.9 Å². The molecular weight excluding hydrogens is 350 g/mol. The van der Waals surface area contributed by atoms with E-state index in [-0.39, 0.29) is 5.54 Å². The third-order valence-corrected chi connectivity index (χ3v) is 5.26. The molecule has 138 valence electrons. The molecule has 0 unspecified atom stereocenters.